The summed E-state index contributed by atoms with van der Waals surface area (Å²) in [5.74, 6) is 3.50. The standard InChI is InChI=1S/C20H32IN3O2/c1-2-5-23-10-15-16(24(20(23)26)6-3-4-21)9-14(22-15)19-13-7-11-12(18(11)19)8-17(13)25/h9,11-13,15-20,22,25-26H,2-8,10H2,1H3. The molecule has 146 valence electrons. The molecule has 4 aliphatic carbocycles. The summed E-state index contributed by atoms with van der Waals surface area (Å²) in [6.45, 7) is 4.99. The lowest BCUT2D eigenvalue weighted by atomic mass is 9.74. The zero-order valence-corrected chi connectivity index (χ0v) is 17.8. The molecule has 0 aromatic heterocycles. The van der Waals surface area contributed by atoms with Crippen LogP contribution in [-0.2, 0) is 0 Å². The molecule has 1 saturated heterocycles. The highest BCUT2D eigenvalue weighted by molar-refractivity contribution is 14.1. The molecule has 0 radical (unpaired) electrons. The molecule has 6 heteroatoms. The van der Waals surface area contributed by atoms with E-state index < -0.39 is 6.35 Å². The first-order valence-corrected chi connectivity index (χ1v) is 12.1. The normalized spacial score (nSPS) is 49.7. The summed E-state index contributed by atoms with van der Waals surface area (Å²) in [5, 5.41) is 25.3. The summed E-state index contributed by atoms with van der Waals surface area (Å²) in [4.78, 5) is 4.53. The molecular weight excluding hydrogens is 441 g/mol. The Hall–Kier alpha value is 0.110. The molecule has 9 unspecified atom stereocenters. The molecule has 4 bridgehead atoms. The van der Waals surface area contributed by atoms with Crippen LogP contribution in [0.1, 0.15) is 32.6 Å². The van der Waals surface area contributed by atoms with Gasteiger partial charge in [0.1, 0.15) is 0 Å². The van der Waals surface area contributed by atoms with E-state index in [1.54, 1.807) is 0 Å². The van der Waals surface area contributed by atoms with Crippen LogP contribution in [0, 0.1) is 29.6 Å². The summed E-state index contributed by atoms with van der Waals surface area (Å²) in [6, 6.07) is 0.673. The zero-order valence-electron chi connectivity index (χ0n) is 15.6. The number of aliphatic hydroxyl groups is 2. The maximum atomic E-state index is 10.9. The molecule has 0 amide bonds. The van der Waals surface area contributed by atoms with Crippen LogP contribution in [0.25, 0.3) is 0 Å². The number of fused-ring (bicyclic) bond motifs is 2. The van der Waals surface area contributed by atoms with Gasteiger partial charge < -0.3 is 15.5 Å². The molecule has 3 N–H and O–H groups in total. The summed E-state index contributed by atoms with van der Waals surface area (Å²) < 4.78 is 1.12. The number of aliphatic hydroxyl groups excluding tert-OH is 2. The number of nitrogens with one attached hydrogen (secondary N) is 1. The van der Waals surface area contributed by atoms with Crippen molar-refractivity contribution in [1.82, 2.24) is 15.1 Å². The predicted octanol–water partition coefficient (Wildman–Crippen LogP) is 1.60. The topological polar surface area (TPSA) is 59.0 Å². The number of nitrogens with zero attached hydrogens (tertiary/aromatic N) is 2. The van der Waals surface area contributed by atoms with E-state index in [9.17, 15) is 10.2 Å². The second kappa shape index (κ2) is 6.87. The molecule has 2 aliphatic heterocycles. The van der Waals surface area contributed by atoms with E-state index in [0.717, 1.165) is 61.1 Å². The first-order chi connectivity index (χ1) is 12.6. The van der Waals surface area contributed by atoms with Crippen molar-refractivity contribution in [3.63, 3.8) is 0 Å². The lowest BCUT2D eigenvalue weighted by Gasteiger charge is -2.47. The number of allylic oxidation sites excluding steroid dienone is 1. The van der Waals surface area contributed by atoms with Crippen LogP contribution in [-0.4, -0.2) is 68.6 Å². The van der Waals surface area contributed by atoms with E-state index in [1.807, 2.05) is 0 Å². The van der Waals surface area contributed by atoms with Crippen LogP contribution in [0.15, 0.2) is 11.8 Å². The Morgan fingerprint density at radius 2 is 2.00 bits per heavy atom. The minimum absolute atomic E-state index is 0.0948. The van der Waals surface area contributed by atoms with E-state index in [2.05, 4.69) is 50.7 Å². The van der Waals surface area contributed by atoms with Gasteiger partial charge in [-0.3, -0.25) is 9.80 Å². The fourth-order valence-electron chi connectivity index (χ4n) is 6.75. The summed E-state index contributed by atoms with van der Waals surface area (Å²) in [5.41, 5.74) is 1.39. The number of rotatable bonds is 6. The average Bonchev–Trinajstić information content (AvgIpc) is 3.00. The van der Waals surface area contributed by atoms with Gasteiger partial charge in [0.15, 0.2) is 6.35 Å². The second-order valence-corrected chi connectivity index (χ2v) is 10.2. The molecule has 5 nitrogen and oxygen atoms in total. The molecule has 2 heterocycles. The van der Waals surface area contributed by atoms with E-state index in [-0.39, 0.29) is 6.10 Å². The molecule has 0 spiro atoms. The SMILES string of the molecule is CCCN1CC2NC(C3C4CC5C(CC4O)C53)=CC2N(CCCI)C1O. The van der Waals surface area contributed by atoms with E-state index in [0.29, 0.717) is 23.9 Å². The van der Waals surface area contributed by atoms with Crippen molar-refractivity contribution in [1.29, 1.82) is 0 Å². The van der Waals surface area contributed by atoms with Crippen molar-refractivity contribution < 1.29 is 10.2 Å². The van der Waals surface area contributed by atoms with Crippen molar-refractivity contribution in [3.05, 3.63) is 11.8 Å². The highest BCUT2D eigenvalue weighted by atomic mass is 127. The predicted molar refractivity (Wildman–Crippen MR) is 110 cm³/mol. The van der Waals surface area contributed by atoms with Gasteiger partial charge in [-0.25, -0.2) is 0 Å². The lowest BCUT2D eigenvalue weighted by Crippen LogP contribution is -2.65. The third-order valence-electron chi connectivity index (χ3n) is 7.80. The number of hydrogen-bond donors (Lipinski definition) is 3. The number of halogens is 1. The van der Waals surface area contributed by atoms with E-state index >= 15 is 0 Å². The van der Waals surface area contributed by atoms with E-state index in [1.165, 1.54) is 12.1 Å². The molecule has 9 atom stereocenters. The monoisotopic (exact) mass is 473 g/mol. The van der Waals surface area contributed by atoms with Crippen molar-refractivity contribution in [2.75, 3.05) is 24.1 Å². The third-order valence-corrected chi connectivity index (χ3v) is 8.56. The smallest absolute Gasteiger partial charge is 0.166 e. The highest BCUT2D eigenvalue weighted by Crippen LogP contribution is 2.70. The maximum absolute atomic E-state index is 10.9. The highest BCUT2D eigenvalue weighted by Gasteiger charge is 2.68. The largest absolute Gasteiger partial charge is 0.393 e. The van der Waals surface area contributed by atoms with Gasteiger partial charge >= 0.3 is 0 Å². The van der Waals surface area contributed by atoms with Gasteiger partial charge in [0.2, 0.25) is 0 Å². The van der Waals surface area contributed by atoms with Gasteiger partial charge in [0.25, 0.3) is 0 Å². The molecule has 0 aromatic rings. The third kappa shape index (κ3) is 2.70. The zero-order chi connectivity index (χ0) is 18.0. The Labute approximate surface area is 170 Å². The first kappa shape index (κ1) is 18.2. The minimum Gasteiger partial charge on any atom is -0.393 e. The lowest BCUT2D eigenvalue weighted by molar-refractivity contribution is -0.154. The second-order valence-electron chi connectivity index (χ2n) is 9.12. The summed E-state index contributed by atoms with van der Waals surface area (Å²) in [7, 11) is 0. The molecular formula is C20H32IN3O2. The Kier molecular flexibility index (Phi) is 4.79. The first-order valence-electron chi connectivity index (χ1n) is 10.5. The molecule has 5 fully saturated rings. The molecule has 4 saturated carbocycles. The van der Waals surface area contributed by atoms with Gasteiger partial charge in [-0.1, -0.05) is 29.5 Å². The Morgan fingerprint density at radius 1 is 1.19 bits per heavy atom. The summed E-state index contributed by atoms with van der Waals surface area (Å²) in [6.07, 6.45) is 6.33. The minimum atomic E-state index is -0.462. The Bertz CT molecular complexity index is 587. The van der Waals surface area contributed by atoms with Crippen molar-refractivity contribution in [3.8, 4) is 0 Å². The van der Waals surface area contributed by atoms with Gasteiger partial charge in [0, 0.05) is 35.7 Å². The fourth-order valence-corrected chi connectivity index (χ4v) is 7.09. The van der Waals surface area contributed by atoms with Gasteiger partial charge in [-0.05, 0) is 55.4 Å². The molecule has 6 aliphatic rings. The van der Waals surface area contributed by atoms with Crippen LogP contribution in [0.5, 0.6) is 0 Å². The van der Waals surface area contributed by atoms with Gasteiger partial charge in [0.05, 0.1) is 18.2 Å². The van der Waals surface area contributed by atoms with Crippen LogP contribution >= 0.6 is 22.6 Å². The number of alkyl halides is 1. The number of hydrogen-bond acceptors (Lipinski definition) is 5. The fraction of sp³-hybridized carbons (Fsp3) is 0.900. The van der Waals surface area contributed by atoms with Gasteiger partial charge in [-0.2, -0.15) is 0 Å². The van der Waals surface area contributed by atoms with Gasteiger partial charge in [-0.15, -0.1) is 0 Å². The van der Waals surface area contributed by atoms with Crippen molar-refractivity contribution in [2.24, 2.45) is 29.6 Å². The van der Waals surface area contributed by atoms with E-state index in [4.69, 9.17) is 0 Å². The average molecular weight is 473 g/mol. The Morgan fingerprint density at radius 3 is 2.73 bits per heavy atom. The van der Waals surface area contributed by atoms with Crippen LogP contribution in [0.4, 0.5) is 0 Å². The van der Waals surface area contributed by atoms with Crippen LogP contribution in [0.2, 0.25) is 0 Å². The molecule has 26 heavy (non-hydrogen) atoms. The molecule has 0 aromatic carbocycles. The van der Waals surface area contributed by atoms with Crippen LogP contribution < -0.4 is 5.32 Å². The van der Waals surface area contributed by atoms with Crippen molar-refractivity contribution in [2.45, 2.75) is 57.1 Å². The van der Waals surface area contributed by atoms with Crippen molar-refractivity contribution >= 4 is 22.6 Å². The quantitative estimate of drug-likeness (QED) is 0.404. The van der Waals surface area contributed by atoms with Crippen LogP contribution in [0.3, 0.4) is 0 Å². The summed E-state index contributed by atoms with van der Waals surface area (Å²) >= 11 is 2.43. The molecule has 6 rings (SSSR count). The Balaban J connectivity index is 1.37. The maximum Gasteiger partial charge on any atom is 0.166 e.